The summed E-state index contributed by atoms with van der Waals surface area (Å²) in [6, 6.07) is 0. The third kappa shape index (κ3) is 2.93. The van der Waals surface area contributed by atoms with Crippen molar-refractivity contribution in [1.29, 1.82) is 0 Å². The van der Waals surface area contributed by atoms with Gasteiger partial charge in [0.2, 0.25) is 5.16 Å². The van der Waals surface area contributed by atoms with Crippen molar-refractivity contribution in [2.75, 3.05) is 31.7 Å². The Morgan fingerprint density at radius 3 is 2.59 bits per heavy atom. The van der Waals surface area contributed by atoms with E-state index in [9.17, 15) is 0 Å². The molecule has 0 spiro atoms. The van der Waals surface area contributed by atoms with E-state index in [0.717, 1.165) is 17.5 Å². The van der Waals surface area contributed by atoms with Crippen LogP contribution in [0.1, 0.15) is 37.9 Å². The van der Waals surface area contributed by atoms with Crippen LogP contribution < -0.4 is 5.84 Å². The molecule has 5 nitrogen and oxygen atoms in total. The predicted octanol–water partition coefficient (Wildman–Crippen LogP) is 1.30. The molecule has 1 aliphatic rings. The van der Waals surface area contributed by atoms with Gasteiger partial charge in [-0.2, -0.15) is 0 Å². The van der Waals surface area contributed by atoms with Gasteiger partial charge in [-0.15, -0.1) is 10.2 Å². The molecule has 0 radical (unpaired) electrons. The van der Waals surface area contributed by atoms with Crippen LogP contribution in [0.15, 0.2) is 5.16 Å². The number of likely N-dealkylation sites (tertiary alicyclic amines) is 1. The molecule has 2 N–H and O–H groups in total. The first-order chi connectivity index (χ1) is 8.22. The highest BCUT2D eigenvalue weighted by Crippen LogP contribution is 2.19. The highest BCUT2D eigenvalue weighted by Gasteiger charge is 2.19. The number of nitrogen functional groups attached to an aromatic ring is 1. The summed E-state index contributed by atoms with van der Waals surface area (Å²) in [4.78, 5) is 2.50. The fourth-order valence-electron chi connectivity index (χ4n) is 2.37. The normalized spacial score (nSPS) is 19.4. The van der Waals surface area contributed by atoms with E-state index in [1.54, 1.807) is 4.68 Å². The number of nitrogens with two attached hydrogens (primary N) is 1. The van der Waals surface area contributed by atoms with Gasteiger partial charge in [0.25, 0.3) is 0 Å². The Bertz CT molecular complexity index is 359. The highest BCUT2D eigenvalue weighted by atomic mass is 32.2. The quantitative estimate of drug-likeness (QED) is 0.649. The van der Waals surface area contributed by atoms with E-state index in [1.165, 1.54) is 44.1 Å². The van der Waals surface area contributed by atoms with E-state index in [1.807, 2.05) is 6.26 Å². The molecule has 2 heterocycles. The lowest BCUT2D eigenvalue weighted by molar-refractivity contribution is 0.216. The summed E-state index contributed by atoms with van der Waals surface area (Å²) in [5.74, 6) is 7.20. The molecule has 1 unspecified atom stereocenters. The summed E-state index contributed by atoms with van der Waals surface area (Å²) < 4.78 is 1.62. The van der Waals surface area contributed by atoms with Crippen LogP contribution in [0.5, 0.6) is 0 Å². The lowest BCUT2D eigenvalue weighted by Gasteiger charge is -2.28. The van der Waals surface area contributed by atoms with Gasteiger partial charge in [0.15, 0.2) is 5.82 Å². The Morgan fingerprint density at radius 2 is 2.00 bits per heavy atom. The minimum atomic E-state index is 0.339. The fourth-order valence-corrected chi connectivity index (χ4v) is 2.79. The fraction of sp³-hybridized carbons (Fsp3) is 0.818. The van der Waals surface area contributed by atoms with Crippen LogP contribution in [0.4, 0.5) is 0 Å². The van der Waals surface area contributed by atoms with Crippen LogP contribution in [0.25, 0.3) is 0 Å². The summed E-state index contributed by atoms with van der Waals surface area (Å²) in [6.45, 7) is 5.62. The molecule has 1 saturated heterocycles. The second-order valence-corrected chi connectivity index (χ2v) is 5.45. The van der Waals surface area contributed by atoms with Crippen molar-refractivity contribution in [3.8, 4) is 0 Å². The summed E-state index contributed by atoms with van der Waals surface area (Å²) in [6.07, 6.45) is 5.97. The van der Waals surface area contributed by atoms with Crippen LogP contribution in [-0.4, -0.2) is 45.7 Å². The molecule has 1 aromatic heterocycles. The molecule has 0 amide bonds. The van der Waals surface area contributed by atoms with Crippen LogP contribution in [0.3, 0.4) is 0 Å². The molecule has 2 rings (SSSR count). The number of aromatic nitrogens is 3. The lowest BCUT2D eigenvalue weighted by atomic mass is 10.1. The first-order valence-corrected chi connectivity index (χ1v) is 7.41. The summed E-state index contributed by atoms with van der Waals surface area (Å²) in [7, 11) is 0. The third-order valence-corrected chi connectivity index (χ3v) is 3.94. The van der Waals surface area contributed by atoms with E-state index in [-0.39, 0.29) is 0 Å². The highest BCUT2D eigenvalue weighted by molar-refractivity contribution is 7.98. The van der Waals surface area contributed by atoms with Crippen molar-refractivity contribution in [3.63, 3.8) is 0 Å². The molecular weight excluding hydrogens is 234 g/mol. The summed E-state index contributed by atoms with van der Waals surface area (Å²) in [5.41, 5.74) is 0. The molecule has 0 saturated carbocycles. The van der Waals surface area contributed by atoms with Crippen LogP contribution in [-0.2, 0) is 0 Å². The molecule has 1 atom stereocenters. The van der Waals surface area contributed by atoms with Crippen LogP contribution in [0, 0.1) is 0 Å². The standard InChI is InChI=1S/C11H21N5S/c1-9(8-15-6-4-3-5-7-15)10-13-14-11(17-2)16(10)12/h9H,3-8,12H2,1-2H3. The van der Waals surface area contributed by atoms with E-state index in [0.29, 0.717) is 5.92 Å². The number of nitrogens with zero attached hydrogens (tertiary/aromatic N) is 4. The van der Waals surface area contributed by atoms with Gasteiger partial charge in [-0.25, -0.2) is 4.68 Å². The minimum Gasteiger partial charge on any atom is -0.336 e. The zero-order valence-corrected chi connectivity index (χ0v) is 11.4. The van der Waals surface area contributed by atoms with Crippen LogP contribution in [0.2, 0.25) is 0 Å². The van der Waals surface area contributed by atoms with Gasteiger partial charge in [0.05, 0.1) is 0 Å². The molecule has 6 heteroatoms. The number of hydrogen-bond acceptors (Lipinski definition) is 5. The van der Waals surface area contributed by atoms with Crippen molar-refractivity contribution < 1.29 is 0 Å². The smallest absolute Gasteiger partial charge is 0.209 e. The first-order valence-electron chi connectivity index (χ1n) is 6.19. The molecule has 0 bridgehead atoms. The second kappa shape index (κ2) is 5.73. The van der Waals surface area contributed by atoms with E-state index >= 15 is 0 Å². The number of rotatable bonds is 4. The molecule has 17 heavy (non-hydrogen) atoms. The van der Waals surface area contributed by atoms with E-state index in [2.05, 4.69) is 22.0 Å². The minimum absolute atomic E-state index is 0.339. The molecule has 0 aromatic carbocycles. The zero-order valence-electron chi connectivity index (χ0n) is 10.6. The maximum absolute atomic E-state index is 5.97. The Morgan fingerprint density at radius 1 is 1.29 bits per heavy atom. The van der Waals surface area contributed by atoms with Gasteiger partial charge in [-0.1, -0.05) is 25.1 Å². The molecular formula is C11H21N5S. The summed E-state index contributed by atoms with van der Waals surface area (Å²) >= 11 is 1.53. The van der Waals surface area contributed by atoms with Gasteiger partial charge in [0, 0.05) is 12.5 Å². The maximum Gasteiger partial charge on any atom is 0.209 e. The number of piperidine rings is 1. The first kappa shape index (κ1) is 12.7. The van der Waals surface area contributed by atoms with Crippen molar-refractivity contribution in [1.82, 2.24) is 19.8 Å². The van der Waals surface area contributed by atoms with Gasteiger partial charge >= 0.3 is 0 Å². The molecule has 1 aliphatic heterocycles. The zero-order chi connectivity index (χ0) is 12.3. The summed E-state index contributed by atoms with van der Waals surface area (Å²) in [5, 5.41) is 9.06. The Labute approximate surface area is 107 Å². The van der Waals surface area contributed by atoms with Crippen molar-refractivity contribution >= 4 is 11.8 Å². The largest absolute Gasteiger partial charge is 0.336 e. The monoisotopic (exact) mass is 255 g/mol. The van der Waals surface area contributed by atoms with E-state index in [4.69, 9.17) is 5.84 Å². The topological polar surface area (TPSA) is 60.0 Å². The third-order valence-electron chi connectivity index (χ3n) is 3.29. The van der Waals surface area contributed by atoms with Crippen molar-refractivity contribution in [3.05, 3.63) is 5.82 Å². The second-order valence-electron chi connectivity index (χ2n) is 4.68. The SMILES string of the molecule is CSc1nnc(C(C)CN2CCCCC2)n1N. The Balaban J connectivity index is 1.98. The molecule has 1 aromatic rings. The average Bonchev–Trinajstić information content (AvgIpc) is 2.71. The molecule has 0 aliphatic carbocycles. The average molecular weight is 255 g/mol. The van der Waals surface area contributed by atoms with Crippen molar-refractivity contribution in [2.24, 2.45) is 0 Å². The van der Waals surface area contributed by atoms with Crippen LogP contribution >= 0.6 is 11.8 Å². The van der Waals surface area contributed by atoms with Gasteiger partial charge in [0.1, 0.15) is 0 Å². The number of thioether (sulfide) groups is 1. The van der Waals surface area contributed by atoms with Gasteiger partial charge in [-0.3, -0.25) is 0 Å². The Hall–Kier alpha value is -0.750. The molecule has 96 valence electrons. The number of hydrogen-bond donors (Lipinski definition) is 1. The Kier molecular flexibility index (Phi) is 4.28. The molecule has 1 fully saturated rings. The van der Waals surface area contributed by atoms with Gasteiger partial charge < -0.3 is 10.7 Å². The van der Waals surface area contributed by atoms with E-state index < -0.39 is 0 Å². The van der Waals surface area contributed by atoms with Gasteiger partial charge in [-0.05, 0) is 32.2 Å². The van der Waals surface area contributed by atoms with Crippen molar-refractivity contribution in [2.45, 2.75) is 37.3 Å². The lowest BCUT2D eigenvalue weighted by Crippen LogP contribution is -2.34. The predicted molar refractivity (Wildman–Crippen MR) is 70.7 cm³/mol. The maximum atomic E-state index is 5.97.